The van der Waals surface area contributed by atoms with Crippen molar-refractivity contribution in [3.05, 3.63) is 23.3 Å². The van der Waals surface area contributed by atoms with Crippen LogP contribution in [0.15, 0.2) is 23.3 Å². The number of carbonyl (C=O) groups is 1. The fourth-order valence-corrected chi connectivity index (χ4v) is 4.51. The summed E-state index contributed by atoms with van der Waals surface area (Å²) in [5, 5.41) is 0. The van der Waals surface area contributed by atoms with Crippen LogP contribution in [0.4, 0.5) is 0 Å². The molecule has 2 aliphatic carbocycles. The number of fused-ring (bicyclic) bond motifs is 1. The highest BCUT2D eigenvalue weighted by Crippen LogP contribution is 2.59. The molecule has 0 aliphatic heterocycles. The van der Waals surface area contributed by atoms with Crippen molar-refractivity contribution in [2.75, 3.05) is 0 Å². The molecule has 1 saturated carbocycles. The third-order valence-corrected chi connectivity index (χ3v) is 5.83. The van der Waals surface area contributed by atoms with E-state index in [2.05, 4.69) is 53.7 Å². The van der Waals surface area contributed by atoms with Crippen LogP contribution in [0.2, 0.25) is 0 Å². The van der Waals surface area contributed by atoms with Crippen LogP contribution in [-0.4, -0.2) is 5.78 Å². The lowest BCUT2D eigenvalue weighted by Gasteiger charge is -2.33. The van der Waals surface area contributed by atoms with Gasteiger partial charge in [0.15, 0.2) is 5.78 Å². The first-order chi connectivity index (χ1) is 8.67. The third kappa shape index (κ3) is 2.11. The van der Waals surface area contributed by atoms with Gasteiger partial charge >= 0.3 is 0 Å². The molecule has 0 saturated heterocycles. The summed E-state index contributed by atoms with van der Waals surface area (Å²) in [6, 6.07) is 0. The van der Waals surface area contributed by atoms with Gasteiger partial charge in [-0.05, 0) is 54.4 Å². The van der Waals surface area contributed by atoms with E-state index in [0.717, 1.165) is 5.57 Å². The molecule has 106 valence electrons. The summed E-state index contributed by atoms with van der Waals surface area (Å²) < 4.78 is 0. The van der Waals surface area contributed by atoms with Crippen LogP contribution in [-0.2, 0) is 4.79 Å². The molecule has 1 heteroatoms. The molecule has 0 heterocycles. The SMILES string of the molecule is CC(=O)C1=CC2C(C(C)C)C(C)C(C)(C)C2C=C1C. The Labute approximate surface area is 118 Å². The summed E-state index contributed by atoms with van der Waals surface area (Å²) in [6.07, 6.45) is 4.67. The lowest BCUT2D eigenvalue weighted by atomic mass is 9.71. The van der Waals surface area contributed by atoms with Gasteiger partial charge < -0.3 is 0 Å². The number of ketones is 1. The second kappa shape index (κ2) is 4.61. The molecule has 0 N–H and O–H groups in total. The Balaban J connectivity index is 2.49. The molecule has 0 aromatic carbocycles. The highest BCUT2D eigenvalue weighted by Gasteiger charge is 2.53. The molecule has 0 amide bonds. The first-order valence-electron chi connectivity index (χ1n) is 7.59. The van der Waals surface area contributed by atoms with Gasteiger partial charge in [-0.25, -0.2) is 0 Å². The molecular weight excluding hydrogens is 232 g/mol. The standard InChI is InChI=1S/C18H28O/c1-10(2)17-12(4)18(6,7)16-8-11(3)14(13(5)19)9-15(16)17/h8-10,12,15-17H,1-7H3. The highest BCUT2D eigenvalue weighted by atomic mass is 16.1. The van der Waals surface area contributed by atoms with Crippen LogP contribution in [0.25, 0.3) is 0 Å². The van der Waals surface area contributed by atoms with E-state index in [1.165, 1.54) is 5.57 Å². The number of carbonyl (C=O) groups excluding carboxylic acids is 1. The Morgan fingerprint density at radius 3 is 2.32 bits per heavy atom. The molecule has 0 radical (unpaired) electrons. The maximum atomic E-state index is 11.8. The second-order valence-corrected chi connectivity index (χ2v) is 7.52. The molecule has 2 rings (SSSR count). The smallest absolute Gasteiger partial charge is 0.159 e. The quantitative estimate of drug-likeness (QED) is 0.706. The average Bonchev–Trinajstić information content (AvgIpc) is 2.47. The summed E-state index contributed by atoms with van der Waals surface area (Å²) in [5.74, 6) is 3.37. The van der Waals surface area contributed by atoms with Crippen molar-refractivity contribution in [3.63, 3.8) is 0 Å². The van der Waals surface area contributed by atoms with E-state index >= 15 is 0 Å². The predicted octanol–water partition coefficient (Wildman–Crippen LogP) is 4.64. The van der Waals surface area contributed by atoms with Gasteiger partial charge in [0.1, 0.15) is 0 Å². The Bertz CT molecular complexity index is 450. The number of hydrogen-bond donors (Lipinski definition) is 0. The van der Waals surface area contributed by atoms with Crippen molar-refractivity contribution in [2.45, 2.75) is 48.5 Å². The molecule has 1 nitrogen and oxygen atoms in total. The number of rotatable bonds is 2. The average molecular weight is 260 g/mol. The lowest BCUT2D eigenvalue weighted by Crippen LogP contribution is -2.26. The van der Waals surface area contributed by atoms with Crippen molar-refractivity contribution in [1.29, 1.82) is 0 Å². The molecule has 0 bridgehead atoms. The monoisotopic (exact) mass is 260 g/mol. The normalized spacial score (nSPS) is 36.8. The Morgan fingerprint density at radius 2 is 1.84 bits per heavy atom. The number of hydrogen-bond acceptors (Lipinski definition) is 1. The van der Waals surface area contributed by atoms with Crippen LogP contribution in [0.5, 0.6) is 0 Å². The van der Waals surface area contributed by atoms with Gasteiger partial charge in [-0.3, -0.25) is 4.79 Å². The summed E-state index contributed by atoms with van der Waals surface area (Å²) in [4.78, 5) is 11.8. The summed E-state index contributed by atoms with van der Waals surface area (Å²) in [6.45, 7) is 15.6. The third-order valence-electron chi connectivity index (χ3n) is 5.83. The van der Waals surface area contributed by atoms with Gasteiger partial charge in [-0.15, -0.1) is 0 Å². The summed E-state index contributed by atoms with van der Waals surface area (Å²) in [7, 11) is 0. The molecular formula is C18H28O. The largest absolute Gasteiger partial charge is 0.295 e. The van der Waals surface area contributed by atoms with Crippen molar-refractivity contribution >= 4 is 5.78 Å². The van der Waals surface area contributed by atoms with E-state index in [1.54, 1.807) is 6.92 Å². The van der Waals surface area contributed by atoms with E-state index < -0.39 is 0 Å². The minimum atomic E-state index is 0.215. The van der Waals surface area contributed by atoms with E-state index in [-0.39, 0.29) is 5.78 Å². The Hall–Kier alpha value is -0.850. The molecule has 0 aromatic rings. The number of allylic oxidation sites excluding steroid dienone is 4. The fraction of sp³-hybridized carbons (Fsp3) is 0.722. The topological polar surface area (TPSA) is 17.1 Å². The molecule has 4 unspecified atom stereocenters. The summed E-state index contributed by atoms with van der Waals surface area (Å²) >= 11 is 0. The maximum Gasteiger partial charge on any atom is 0.159 e. The van der Waals surface area contributed by atoms with Gasteiger partial charge in [0.25, 0.3) is 0 Å². The van der Waals surface area contributed by atoms with Gasteiger partial charge in [0.05, 0.1) is 0 Å². The van der Waals surface area contributed by atoms with E-state index in [0.29, 0.717) is 35.0 Å². The van der Waals surface area contributed by atoms with Gasteiger partial charge in [0, 0.05) is 5.57 Å². The van der Waals surface area contributed by atoms with Crippen molar-refractivity contribution in [1.82, 2.24) is 0 Å². The maximum absolute atomic E-state index is 11.8. The van der Waals surface area contributed by atoms with Crippen LogP contribution in [0.1, 0.15) is 48.5 Å². The second-order valence-electron chi connectivity index (χ2n) is 7.52. The zero-order chi connectivity index (χ0) is 14.5. The van der Waals surface area contributed by atoms with Crippen LogP contribution >= 0.6 is 0 Å². The van der Waals surface area contributed by atoms with Crippen molar-refractivity contribution in [3.8, 4) is 0 Å². The molecule has 1 fully saturated rings. The van der Waals surface area contributed by atoms with Crippen molar-refractivity contribution in [2.24, 2.45) is 35.0 Å². The van der Waals surface area contributed by atoms with E-state index in [9.17, 15) is 4.79 Å². The van der Waals surface area contributed by atoms with Gasteiger partial charge in [0.2, 0.25) is 0 Å². The van der Waals surface area contributed by atoms with Gasteiger partial charge in [-0.2, -0.15) is 0 Å². The summed E-state index contributed by atoms with van der Waals surface area (Å²) in [5.41, 5.74) is 2.45. The van der Waals surface area contributed by atoms with Crippen LogP contribution < -0.4 is 0 Å². The molecule has 4 atom stereocenters. The Morgan fingerprint density at radius 1 is 1.26 bits per heavy atom. The van der Waals surface area contributed by atoms with Gasteiger partial charge in [-0.1, -0.05) is 46.8 Å². The first-order valence-corrected chi connectivity index (χ1v) is 7.59. The van der Waals surface area contributed by atoms with E-state index in [4.69, 9.17) is 0 Å². The van der Waals surface area contributed by atoms with Crippen LogP contribution in [0.3, 0.4) is 0 Å². The lowest BCUT2D eigenvalue weighted by molar-refractivity contribution is -0.113. The Kier molecular flexibility index (Phi) is 3.53. The number of Topliss-reactive ketones (excluding diaryl/α,β-unsaturated/α-hetero) is 1. The zero-order valence-electron chi connectivity index (χ0n) is 13.4. The minimum Gasteiger partial charge on any atom is -0.295 e. The predicted molar refractivity (Wildman–Crippen MR) is 80.8 cm³/mol. The molecule has 2 aliphatic rings. The van der Waals surface area contributed by atoms with Crippen LogP contribution in [0, 0.1) is 35.0 Å². The first kappa shape index (κ1) is 14.6. The minimum absolute atomic E-state index is 0.215. The highest BCUT2D eigenvalue weighted by molar-refractivity contribution is 5.97. The van der Waals surface area contributed by atoms with E-state index in [1.807, 2.05) is 0 Å². The molecule has 0 spiro atoms. The van der Waals surface area contributed by atoms with Crippen molar-refractivity contribution < 1.29 is 4.79 Å². The molecule has 19 heavy (non-hydrogen) atoms. The zero-order valence-corrected chi connectivity index (χ0v) is 13.4. The fourth-order valence-electron chi connectivity index (χ4n) is 4.51. The molecule has 0 aromatic heterocycles.